The van der Waals surface area contributed by atoms with Gasteiger partial charge in [0.25, 0.3) is 0 Å². The molecule has 5 nitrogen and oxygen atoms in total. The van der Waals surface area contributed by atoms with Crippen molar-refractivity contribution in [2.24, 2.45) is 5.10 Å². The van der Waals surface area contributed by atoms with Gasteiger partial charge in [0.2, 0.25) is 0 Å². The van der Waals surface area contributed by atoms with E-state index >= 15 is 0 Å². The van der Waals surface area contributed by atoms with E-state index in [9.17, 15) is 0 Å². The summed E-state index contributed by atoms with van der Waals surface area (Å²) in [5, 5.41) is 8.13. The third-order valence-electron chi connectivity index (χ3n) is 4.05. The molecular weight excluding hydrogens is 346 g/mol. The number of ether oxygens (including phenoxy) is 2. The Labute approximate surface area is 159 Å². The van der Waals surface area contributed by atoms with Gasteiger partial charge >= 0.3 is 0 Å². The van der Waals surface area contributed by atoms with E-state index in [0.717, 1.165) is 34.0 Å². The van der Waals surface area contributed by atoms with Crippen molar-refractivity contribution in [3.63, 3.8) is 0 Å². The molecule has 2 N–H and O–H groups in total. The highest BCUT2D eigenvalue weighted by atomic mass is 32.1. The van der Waals surface area contributed by atoms with Crippen molar-refractivity contribution in [1.29, 1.82) is 0 Å². The molecule has 6 heteroatoms. The summed E-state index contributed by atoms with van der Waals surface area (Å²) in [7, 11) is 1.64. The van der Waals surface area contributed by atoms with Gasteiger partial charge in [-0.2, -0.15) is 5.10 Å². The smallest absolute Gasteiger partial charge is 0.191 e. The van der Waals surface area contributed by atoms with Crippen molar-refractivity contribution in [2.45, 2.75) is 32.8 Å². The fourth-order valence-corrected chi connectivity index (χ4v) is 3.05. The molecule has 1 aliphatic rings. The van der Waals surface area contributed by atoms with Gasteiger partial charge in [-0.15, -0.1) is 0 Å². The van der Waals surface area contributed by atoms with Crippen molar-refractivity contribution in [3.05, 3.63) is 53.6 Å². The molecule has 0 spiro atoms. The van der Waals surface area contributed by atoms with Crippen molar-refractivity contribution >= 4 is 28.7 Å². The average molecular weight is 369 g/mol. The lowest BCUT2D eigenvalue weighted by Crippen LogP contribution is -2.37. The summed E-state index contributed by atoms with van der Waals surface area (Å²) in [5.41, 5.74) is 6.49. The molecular formula is C20H23N3O2S. The normalized spacial score (nSPS) is 16.4. The molecule has 0 aliphatic carbocycles. The van der Waals surface area contributed by atoms with Crippen molar-refractivity contribution < 1.29 is 9.47 Å². The standard InChI is InChI=1S/C20H23N3O2S/c1-13-6-5-7-14(10-13)21-19(26)23-22-17-12-20(2,3)25-18-9-8-15(24-4)11-16(17)18/h5-11H,12H2,1-4H3,(H2,21,23,26)/b22-17+. The first kappa shape index (κ1) is 18.2. The predicted molar refractivity (Wildman–Crippen MR) is 109 cm³/mol. The maximum Gasteiger partial charge on any atom is 0.191 e. The molecule has 0 aromatic heterocycles. The molecule has 136 valence electrons. The molecule has 2 aromatic rings. The highest BCUT2D eigenvalue weighted by Gasteiger charge is 2.31. The van der Waals surface area contributed by atoms with Gasteiger partial charge in [-0.1, -0.05) is 12.1 Å². The van der Waals surface area contributed by atoms with E-state index in [1.165, 1.54) is 0 Å². The Bertz CT molecular complexity index is 862. The van der Waals surface area contributed by atoms with E-state index in [4.69, 9.17) is 21.7 Å². The molecule has 0 saturated carbocycles. The second kappa shape index (κ2) is 7.33. The summed E-state index contributed by atoms with van der Waals surface area (Å²) < 4.78 is 11.4. The number of nitrogens with one attached hydrogen (secondary N) is 2. The van der Waals surface area contributed by atoms with Crippen LogP contribution < -0.4 is 20.2 Å². The number of thiocarbonyl (C=S) groups is 1. The molecule has 2 aromatic carbocycles. The van der Waals surface area contributed by atoms with Crippen LogP contribution in [0.4, 0.5) is 5.69 Å². The fourth-order valence-electron chi connectivity index (χ4n) is 2.88. The van der Waals surface area contributed by atoms with Gasteiger partial charge < -0.3 is 14.8 Å². The molecule has 0 bridgehead atoms. The summed E-state index contributed by atoms with van der Waals surface area (Å²) >= 11 is 5.37. The number of anilines is 1. The SMILES string of the molecule is COc1ccc2c(c1)/C(=N/NC(=S)Nc1cccc(C)c1)CC(C)(C)O2. The van der Waals surface area contributed by atoms with Gasteiger partial charge in [0.15, 0.2) is 5.11 Å². The minimum absolute atomic E-state index is 0.340. The van der Waals surface area contributed by atoms with Crippen LogP contribution in [0.2, 0.25) is 0 Å². The third-order valence-corrected chi connectivity index (χ3v) is 4.24. The van der Waals surface area contributed by atoms with Gasteiger partial charge in [0.05, 0.1) is 12.8 Å². The Morgan fingerprint density at radius 1 is 1.23 bits per heavy atom. The van der Waals surface area contributed by atoms with E-state index in [1.807, 2.05) is 63.2 Å². The number of aryl methyl sites for hydroxylation is 1. The molecule has 3 rings (SSSR count). The molecule has 0 saturated heterocycles. The van der Waals surface area contributed by atoms with E-state index in [0.29, 0.717) is 11.5 Å². The largest absolute Gasteiger partial charge is 0.497 e. The summed E-state index contributed by atoms with van der Waals surface area (Å²) in [5.74, 6) is 1.56. The minimum atomic E-state index is -0.340. The van der Waals surface area contributed by atoms with Crippen LogP contribution in [0.15, 0.2) is 47.6 Å². The first-order valence-corrected chi connectivity index (χ1v) is 8.85. The van der Waals surface area contributed by atoms with Gasteiger partial charge in [0, 0.05) is 17.7 Å². The first-order chi connectivity index (χ1) is 12.4. The third kappa shape index (κ3) is 4.32. The molecule has 0 radical (unpaired) electrons. The molecule has 0 fully saturated rings. The van der Waals surface area contributed by atoms with Crippen molar-refractivity contribution in [3.8, 4) is 11.5 Å². The number of hydrogen-bond donors (Lipinski definition) is 2. The predicted octanol–water partition coefficient (Wildman–Crippen LogP) is 4.26. The average Bonchev–Trinajstić information content (AvgIpc) is 2.58. The van der Waals surface area contributed by atoms with E-state index in [-0.39, 0.29) is 5.60 Å². The highest BCUT2D eigenvalue weighted by Crippen LogP contribution is 2.35. The van der Waals surface area contributed by atoms with E-state index in [2.05, 4.69) is 15.8 Å². The first-order valence-electron chi connectivity index (χ1n) is 8.44. The van der Waals surface area contributed by atoms with Crippen LogP contribution in [0.3, 0.4) is 0 Å². The Kier molecular flexibility index (Phi) is 5.13. The number of fused-ring (bicyclic) bond motifs is 1. The zero-order valence-electron chi connectivity index (χ0n) is 15.4. The molecule has 0 unspecified atom stereocenters. The lowest BCUT2D eigenvalue weighted by atomic mass is 9.92. The molecule has 0 atom stereocenters. The number of nitrogens with zero attached hydrogens (tertiary/aromatic N) is 1. The zero-order chi connectivity index (χ0) is 18.7. The summed E-state index contributed by atoms with van der Waals surface area (Å²) in [6.07, 6.45) is 0.660. The Hall–Kier alpha value is -2.60. The Morgan fingerprint density at radius 2 is 2.04 bits per heavy atom. The lowest BCUT2D eigenvalue weighted by molar-refractivity contribution is 0.111. The van der Waals surface area contributed by atoms with Gasteiger partial charge in [-0.25, -0.2) is 0 Å². The Morgan fingerprint density at radius 3 is 2.77 bits per heavy atom. The van der Waals surface area contributed by atoms with Crippen molar-refractivity contribution in [1.82, 2.24) is 5.43 Å². The number of rotatable bonds is 3. The molecule has 1 heterocycles. The van der Waals surface area contributed by atoms with Gasteiger partial charge in [0.1, 0.15) is 17.1 Å². The molecule has 0 amide bonds. The van der Waals surface area contributed by atoms with Crippen LogP contribution in [-0.4, -0.2) is 23.5 Å². The second-order valence-electron chi connectivity index (χ2n) is 6.89. The van der Waals surface area contributed by atoms with Crippen LogP contribution >= 0.6 is 12.2 Å². The summed E-state index contributed by atoms with van der Waals surface area (Å²) in [6, 6.07) is 13.7. The number of hydrazone groups is 1. The minimum Gasteiger partial charge on any atom is -0.497 e. The molecule has 26 heavy (non-hydrogen) atoms. The quantitative estimate of drug-likeness (QED) is 0.626. The van der Waals surface area contributed by atoms with Crippen LogP contribution in [0.1, 0.15) is 31.4 Å². The molecule has 1 aliphatic heterocycles. The number of benzene rings is 2. The topological polar surface area (TPSA) is 54.9 Å². The lowest BCUT2D eigenvalue weighted by Gasteiger charge is -2.33. The number of hydrogen-bond acceptors (Lipinski definition) is 4. The number of methoxy groups -OCH3 is 1. The van der Waals surface area contributed by atoms with E-state index < -0.39 is 0 Å². The highest BCUT2D eigenvalue weighted by molar-refractivity contribution is 7.80. The van der Waals surface area contributed by atoms with Gasteiger partial charge in [-0.3, -0.25) is 5.43 Å². The van der Waals surface area contributed by atoms with Gasteiger partial charge in [-0.05, 0) is 68.9 Å². The monoisotopic (exact) mass is 369 g/mol. The van der Waals surface area contributed by atoms with Crippen LogP contribution in [-0.2, 0) is 0 Å². The Balaban J connectivity index is 1.80. The fraction of sp³-hybridized carbons (Fsp3) is 0.300. The maximum atomic E-state index is 6.05. The van der Waals surface area contributed by atoms with Crippen LogP contribution in [0.5, 0.6) is 11.5 Å². The van der Waals surface area contributed by atoms with Crippen molar-refractivity contribution in [2.75, 3.05) is 12.4 Å². The zero-order valence-corrected chi connectivity index (χ0v) is 16.2. The van der Waals surface area contributed by atoms with Crippen LogP contribution in [0.25, 0.3) is 0 Å². The second-order valence-corrected chi connectivity index (χ2v) is 7.30. The van der Waals surface area contributed by atoms with E-state index in [1.54, 1.807) is 7.11 Å². The maximum absolute atomic E-state index is 6.05. The summed E-state index contributed by atoms with van der Waals surface area (Å²) in [4.78, 5) is 0. The summed E-state index contributed by atoms with van der Waals surface area (Å²) in [6.45, 7) is 6.12. The van der Waals surface area contributed by atoms with Crippen LogP contribution in [0, 0.1) is 6.92 Å².